The van der Waals surface area contributed by atoms with Crippen molar-refractivity contribution in [2.75, 3.05) is 7.11 Å². The highest BCUT2D eigenvalue weighted by atomic mass is 35.5. The van der Waals surface area contributed by atoms with E-state index in [9.17, 15) is 4.79 Å². The Balaban J connectivity index is 1.79. The highest BCUT2D eigenvalue weighted by molar-refractivity contribution is 7.98. The van der Waals surface area contributed by atoms with Crippen molar-refractivity contribution in [1.82, 2.24) is 14.8 Å². The standard InChI is InChI=1S/C16H14ClN3O3S/c1-10-18-19-16(20(10)12-5-3-4-11(17)8-12)24-9-13-6-7-14(23-13)15(21)22-2/h3-8H,9H2,1-2H3. The zero-order chi connectivity index (χ0) is 17.1. The third-order valence-electron chi connectivity index (χ3n) is 3.25. The van der Waals surface area contributed by atoms with Crippen molar-refractivity contribution >= 4 is 29.3 Å². The molecule has 0 saturated carbocycles. The van der Waals surface area contributed by atoms with Gasteiger partial charge in [0, 0.05) is 5.02 Å². The Labute approximate surface area is 147 Å². The molecule has 1 aromatic carbocycles. The number of nitrogens with zero attached hydrogens (tertiary/aromatic N) is 3. The molecule has 124 valence electrons. The van der Waals surface area contributed by atoms with E-state index in [0.29, 0.717) is 21.7 Å². The van der Waals surface area contributed by atoms with Crippen LogP contribution in [0.3, 0.4) is 0 Å². The van der Waals surface area contributed by atoms with Crippen LogP contribution in [0.25, 0.3) is 5.69 Å². The van der Waals surface area contributed by atoms with Crippen molar-refractivity contribution in [2.24, 2.45) is 0 Å². The number of carbonyl (C=O) groups excluding carboxylic acids is 1. The second-order valence-corrected chi connectivity index (χ2v) is 6.27. The number of benzene rings is 1. The third-order valence-corrected chi connectivity index (χ3v) is 4.44. The molecule has 0 aliphatic rings. The van der Waals surface area contributed by atoms with Crippen LogP contribution in [0.15, 0.2) is 46.0 Å². The molecule has 0 unspecified atom stereocenters. The molecule has 3 rings (SSSR count). The lowest BCUT2D eigenvalue weighted by Crippen LogP contribution is -1.99. The summed E-state index contributed by atoms with van der Waals surface area (Å²) in [4.78, 5) is 11.4. The van der Waals surface area contributed by atoms with Gasteiger partial charge in [-0.05, 0) is 37.3 Å². The van der Waals surface area contributed by atoms with Gasteiger partial charge in [0.2, 0.25) is 5.76 Å². The number of aromatic nitrogens is 3. The Bertz CT molecular complexity index is 875. The van der Waals surface area contributed by atoms with Crippen LogP contribution in [-0.4, -0.2) is 27.8 Å². The summed E-state index contributed by atoms with van der Waals surface area (Å²) >= 11 is 7.52. The highest BCUT2D eigenvalue weighted by Crippen LogP contribution is 2.27. The van der Waals surface area contributed by atoms with Gasteiger partial charge in [0.1, 0.15) is 11.6 Å². The number of halogens is 1. The van der Waals surface area contributed by atoms with Crippen LogP contribution in [0.4, 0.5) is 0 Å². The average molecular weight is 364 g/mol. The maximum atomic E-state index is 11.4. The monoisotopic (exact) mass is 363 g/mol. The van der Waals surface area contributed by atoms with E-state index in [2.05, 4.69) is 14.9 Å². The SMILES string of the molecule is COC(=O)c1ccc(CSc2nnc(C)n2-c2cccc(Cl)c2)o1. The lowest BCUT2D eigenvalue weighted by molar-refractivity contribution is 0.0563. The Hall–Kier alpha value is -2.25. The second kappa shape index (κ2) is 7.11. The summed E-state index contributed by atoms with van der Waals surface area (Å²) in [6, 6.07) is 10.8. The number of rotatable bonds is 5. The smallest absolute Gasteiger partial charge is 0.373 e. The fraction of sp³-hybridized carbons (Fsp3) is 0.188. The molecule has 0 N–H and O–H groups in total. The number of methoxy groups -OCH3 is 1. The van der Waals surface area contributed by atoms with Gasteiger partial charge in [-0.1, -0.05) is 29.4 Å². The van der Waals surface area contributed by atoms with Gasteiger partial charge in [0.05, 0.1) is 18.6 Å². The second-order valence-electron chi connectivity index (χ2n) is 4.89. The molecule has 0 atom stereocenters. The van der Waals surface area contributed by atoms with E-state index in [0.717, 1.165) is 11.5 Å². The Kier molecular flexibility index (Phi) is 4.92. The predicted octanol–water partition coefficient (Wildman–Crippen LogP) is 3.90. The Morgan fingerprint density at radius 1 is 1.33 bits per heavy atom. The molecule has 2 aromatic heterocycles. The van der Waals surface area contributed by atoms with Gasteiger partial charge in [-0.15, -0.1) is 10.2 Å². The number of hydrogen-bond donors (Lipinski definition) is 0. The molecule has 0 aliphatic carbocycles. The molecule has 0 saturated heterocycles. The number of aryl methyl sites for hydroxylation is 1. The van der Waals surface area contributed by atoms with Crippen LogP contribution in [0, 0.1) is 6.92 Å². The summed E-state index contributed by atoms with van der Waals surface area (Å²) in [6.45, 7) is 1.88. The predicted molar refractivity (Wildman–Crippen MR) is 90.7 cm³/mol. The first-order valence-electron chi connectivity index (χ1n) is 7.06. The van der Waals surface area contributed by atoms with Crippen molar-refractivity contribution in [3.05, 3.63) is 58.8 Å². The number of hydrogen-bond acceptors (Lipinski definition) is 6. The topological polar surface area (TPSA) is 70.2 Å². The van der Waals surface area contributed by atoms with Crippen molar-refractivity contribution in [2.45, 2.75) is 17.8 Å². The molecular formula is C16H14ClN3O3S. The van der Waals surface area contributed by atoms with Crippen LogP contribution in [0.5, 0.6) is 0 Å². The lowest BCUT2D eigenvalue weighted by atomic mass is 10.3. The van der Waals surface area contributed by atoms with E-state index in [-0.39, 0.29) is 5.76 Å². The van der Waals surface area contributed by atoms with E-state index in [4.69, 9.17) is 16.0 Å². The first-order valence-corrected chi connectivity index (χ1v) is 8.42. The van der Waals surface area contributed by atoms with E-state index in [1.54, 1.807) is 12.1 Å². The van der Waals surface area contributed by atoms with Gasteiger partial charge in [0.25, 0.3) is 0 Å². The van der Waals surface area contributed by atoms with Gasteiger partial charge in [-0.3, -0.25) is 4.57 Å². The summed E-state index contributed by atoms with van der Waals surface area (Å²) < 4.78 is 12.0. The molecule has 0 fully saturated rings. The van der Waals surface area contributed by atoms with Crippen molar-refractivity contribution in [3.63, 3.8) is 0 Å². The van der Waals surface area contributed by atoms with Gasteiger partial charge in [0.15, 0.2) is 5.16 Å². The fourth-order valence-corrected chi connectivity index (χ4v) is 3.23. The van der Waals surface area contributed by atoms with Gasteiger partial charge >= 0.3 is 5.97 Å². The van der Waals surface area contributed by atoms with Crippen molar-refractivity contribution in [3.8, 4) is 5.69 Å². The summed E-state index contributed by atoms with van der Waals surface area (Å²) in [5.74, 6) is 1.60. The number of furan rings is 1. The number of ether oxygens (including phenoxy) is 1. The number of esters is 1. The summed E-state index contributed by atoms with van der Waals surface area (Å²) in [7, 11) is 1.31. The lowest BCUT2D eigenvalue weighted by Gasteiger charge is -2.08. The largest absolute Gasteiger partial charge is 0.463 e. The zero-order valence-electron chi connectivity index (χ0n) is 13.0. The van der Waals surface area contributed by atoms with Gasteiger partial charge in [-0.25, -0.2) is 4.79 Å². The van der Waals surface area contributed by atoms with Crippen LogP contribution >= 0.6 is 23.4 Å². The molecule has 8 heteroatoms. The molecule has 0 aliphatic heterocycles. The molecule has 0 amide bonds. The first kappa shape index (κ1) is 16.6. The number of carbonyl (C=O) groups is 1. The first-order chi connectivity index (χ1) is 11.6. The van der Waals surface area contributed by atoms with Crippen LogP contribution in [0.2, 0.25) is 5.02 Å². The molecule has 0 bridgehead atoms. The average Bonchev–Trinajstić information content (AvgIpc) is 3.19. The third kappa shape index (κ3) is 3.47. The summed E-state index contributed by atoms with van der Waals surface area (Å²) in [5, 5.41) is 9.68. The molecule has 3 aromatic rings. The van der Waals surface area contributed by atoms with E-state index in [1.165, 1.54) is 18.9 Å². The minimum Gasteiger partial charge on any atom is -0.463 e. The number of thioether (sulfide) groups is 1. The zero-order valence-corrected chi connectivity index (χ0v) is 14.6. The minimum absolute atomic E-state index is 0.181. The molecule has 0 radical (unpaired) electrons. The highest BCUT2D eigenvalue weighted by Gasteiger charge is 2.15. The van der Waals surface area contributed by atoms with E-state index in [1.807, 2.05) is 35.8 Å². The Morgan fingerprint density at radius 2 is 2.17 bits per heavy atom. The molecule has 2 heterocycles. The van der Waals surface area contributed by atoms with Gasteiger partial charge < -0.3 is 9.15 Å². The van der Waals surface area contributed by atoms with E-state index < -0.39 is 5.97 Å². The quantitative estimate of drug-likeness (QED) is 0.505. The maximum absolute atomic E-state index is 11.4. The van der Waals surface area contributed by atoms with E-state index >= 15 is 0 Å². The molecule has 0 spiro atoms. The van der Waals surface area contributed by atoms with Crippen LogP contribution in [0.1, 0.15) is 22.1 Å². The summed E-state index contributed by atoms with van der Waals surface area (Å²) in [6.07, 6.45) is 0. The molecule has 6 nitrogen and oxygen atoms in total. The van der Waals surface area contributed by atoms with Crippen molar-refractivity contribution < 1.29 is 13.9 Å². The normalized spacial score (nSPS) is 10.8. The Morgan fingerprint density at radius 3 is 2.92 bits per heavy atom. The fourth-order valence-electron chi connectivity index (χ4n) is 2.15. The summed E-state index contributed by atoms with van der Waals surface area (Å²) in [5.41, 5.74) is 0.891. The minimum atomic E-state index is -0.496. The maximum Gasteiger partial charge on any atom is 0.373 e. The van der Waals surface area contributed by atoms with Crippen LogP contribution < -0.4 is 0 Å². The molecule has 24 heavy (non-hydrogen) atoms. The van der Waals surface area contributed by atoms with Gasteiger partial charge in [-0.2, -0.15) is 0 Å². The van der Waals surface area contributed by atoms with Crippen LogP contribution in [-0.2, 0) is 10.5 Å². The van der Waals surface area contributed by atoms with Crippen molar-refractivity contribution in [1.29, 1.82) is 0 Å². The molecular weight excluding hydrogens is 350 g/mol.